The smallest absolute Gasteiger partial charge is 0.310 e. The van der Waals surface area contributed by atoms with Gasteiger partial charge in [-0.1, -0.05) is 13.0 Å². The van der Waals surface area contributed by atoms with Crippen molar-refractivity contribution in [3.8, 4) is 0 Å². The van der Waals surface area contributed by atoms with Gasteiger partial charge in [0.05, 0.1) is 19.1 Å². The predicted octanol–water partition coefficient (Wildman–Crippen LogP) is 1.31. The lowest BCUT2D eigenvalue weighted by molar-refractivity contribution is -0.143. The Morgan fingerprint density at radius 3 is 2.95 bits per heavy atom. The number of hydrogen-bond acceptors (Lipinski definition) is 4. The monoisotopic (exact) mass is 264 g/mol. The van der Waals surface area contributed by atoms with Crippen molar-refractivity contribution in [2.75, 3.05) is 19.8 Å². The van der Waals surface area contributed by atoms with Crippen LogP contribution in [0.2, 0.25) is 0 Å². The Kier molecular flexibility index (Phi) is 4.50. The molecule has 0 saturated carbocycles. The molecule has 0 amide bonds. The van der Waals surface area contributed by atoms with E-state index in [0.29, 0.717) is 19.8 Å². The van der Waals surface area contributed by atoms with Gasteiger partial charge < -0.3 is 9.84 Å². The first-order valence-corrected chi connectivity index (χ1v) is 6.57. The second kappa shape index (κ2) is 6.12. The SMILES string of the molecule is CCN(Cc1cncc(C)c1)C1COCC1C(=O)O. The molecule has 0 aromatic carbocycles. The van der Waals surface area contributed by atoms with Gasteiger partial charge in [-0.2, -0.15) is 0 Å². The molecule has 19 heavy (non-hydrogen) atoms. The van der Waals surface area contributed by atoms with Crippen LogP contribution in [0.15, 0.2) is 18.5 Å². The molecule has 0 spiro atoms. The minimum atomic E-state index is -0.775. The zero-order valence-corrected chi connectivity index (χ0v) is 11.4. The molecule has 1 aromatic heterocycles. The quantitative estimate of drug-likeness (QED) is 0.869. The second-order valence-electron chi connectivity index (χ2n) is 4.98. The van der Waals surface area contributed by atoms with Crippen LogP contribution in [0.5, 0.6) is 0 Å². The van der Waals surface area contributed by atoms with Gasteiger partial charge in [0.15, 0.2) is 0 Å². The highest BCUT2D eigenvalue weighted by Gasteiger charge is 2.37. The van der Waals surface area contributed by atoms with Crippen molar-refractivity contribution in [1.29, 1.82) is 0 Å². The highest BCUT2D eigenvalue weighted by molar-refractivity contribution is 5.71. The molecule has 1 saturated heterocycles. The molecule has 2 rings (SSSR count). The summed E-state index contributed by atoms with van der Waals surface area (Å²) in [6, 6.07) is 2.03. The summed E-state index contributed by atoms with van der Waals surface area (Å²) in [6.45, 7) is 6.35. The van der Waals surface area contributed by atoms with E-state index in [2.05, 4.69) is 16.0 Å². The molecule has 5 nitrogen and oxygen atoms in total. The van der Waals surface area contributed by atoms with Crippen LogP contribution in [0.3, 0.4) is 0 Å². The van der Waals surface area contributed by atoms with E-state index >= 15 is 0 Å². The van der Waals surface area contributed by atoms with Crippen molar-refractivity contribution >= 4 is 5.97 Å². The number of pyridine rings is 1. The summed E-state index contributed by atoms with van der Waals surface area (Å²) in [5, 5.41) is 9.22. The minimum absolute atomic E-state index is 0.0528. The molecule has 2 unspecified atom stereocenters. The number of carboxylic acid groups (broad SMARTS) is 1. The molecule has 104 valence electrons. The molecule has 1 aromatic rings. The van der Waals surface area contributed by atoms with E-state index in [1.54, 1.807) is 0 Å². The Labute approximate surface area is 113 Å². The van der Waals surface area contributed by atoms with Gasteiger partial charge in [0.2, 0.25) is 0 Å². The number of aryl methyl sites for hydroxylation is 1. The van der Waals surface area contributed by atoms with E-state index < -0.39 is 11.9 Å². The minimum Gasteiger partial charge on any atom is -0.481 e. The van der Waals surface area contributed by atoms with Crippen LogP contribution in [0.4, 0.5) is 0 Å². The van der Waals surface area contributed by atoms with Crippen molar-refractivity contribution in [3.63, 3.8) is 0 Å². The lowest BCUT2D eigenvalue weighted by Gasteiger charge is -2.29. The van der Waals surface area contributed by atoms with Crippen molar-refractivity contribution in [1.82, 2.24) is 9.88 Å². The van der Waals surface area contributed by atoms with Gasteiger partial charge in [-0.3, -0.25) is 14.7 Å². The van der Waals surface area contributed by atoms with E-state index in [-0.39, 0.29) is 6.04 Å². The zero-order valence-electron chi connectivity index (χ0n) is 11.4. The van der Waals surface area contributed by atoms with Crippen molar-refractivity contribution < 1.29 is 14.6 Å². The fourth-order valence-electron chi connectivity index (χ4n) is 2.54. The summed E-state index contributed by atoms with van der Waals surface area (Å²) in [7, 11) is 0. The molecule has 0 bridgehead atoms. The van der Waals surface area contributed by atoms with Crippen molar-refractivity contribution in [2.45, 2.75) is 26.4 Å². The maximum absolute atomic E-state index is 11.2. The lowest BCUT2D eigenvalue weighted by atomic mass is 10.0. The molecule has 5 heteroatoms. The van der Waals surface area contributed by atoms with E-state index in [4.69, 9.17) is 4.74 Å². The van der Waals surface area contributed by atoms with E-state index in [1.807, 2.05) is 26.2 Å². The van der Waals surface area contributed by atoms with Crippen molar-refractivity contribution in [2.24, 2.45) is 5.92 Å². The van der Waals surface area contributed by atoms with Crippen LogP contribution in [-0.4, -0.2) is 46.8 Å². The Bertz CT molecular complexity index is 450. The van der Waals surface area contributed by atoms with Crippen LogP contribution in [-0.2, 0) is 16.1 Å². The van der Waals surface area contributed by atoms with Gasteiger partial charge in [-0.05, 0) is 24.6 Å². The maximum Gasteiger partial charge on any atom is 0.310 e. The van der Waals surface area contributed by atoms with Crippen LogP contribution in [0.25, 0.3) is 0 Å². The van der Waals surface area contributed by atoms with E-state index in [9.17, 15) is 9.90 Å². The first kappa shape index (κ1) is 14.0. The lowest BCUT2D eigenvalue weighted by Crippen LogP contribution is -2.42. The fourth-order valence-corrected chi connectivity index (χ4v) is 2.54. The third-order valence-electron chi connectivity index (χ3n) is 3.56. The number of carboxylic acids is 1. The second-order valence-corrected chi connectivity index (χ2v) is 4.98. The summed E-state index contributed by atoms with van der Waals surface area (Å²) < 4.78 is 5.34. The van der Waals surface area contributed by atoms with Gasteiger partial charge in [0.25, 0.3) is 0 Å². The van der Waals surface area contributed by atoms with E-state index in [0.717, 1.165) is 17.7 Å². The normalized spacial score (nSPS) is 22.9. The average molecular weight is 264 g/mol. The third kappa shape index (κ3) is 3.30. The Hall–Kier alpha value is -1.46. The average Bonchev–Trinajstić information content (AvgIpc) is 2.85. The maximum atomic E-state index is 11.2. The van der Waals surface area contributed by atoms with Crippen LogP contribution in [0, 0.1) is 12.8 Å². The molecular formula is C14H20N2O3. The molecule has 0 aliphatic carbocycles. The zero-order chi connectivity index (χ0) is 13.8. The number of aromatic nitrogens is 1. The molecule has 1 aliphatic rings. The molecule has 1 fully saturated rings. The number of nitrogens with zero attached hydrogens (tertiary/aromatic N) is 2. The Morgan fingerprint density at radius 2 is 2.32 bits per heavy atom. The van der Waals surface area contributed by atoms with Crippen LogP contribution >= 0.6 is 0 Å². The summed E-state index contributed by atoms with van der Waals surface area (Å²) in [5.41, 5.74) is 2.23. The Balaban J connectivity index is 2.09. The van der Waals surface area contributed by atoms with Gasteiger partial charge in [0.1, 0.15) is 0 Å². The number of carbonyl (C=O) groups is 1. The number of likely N-dealkylation sites (N-methyl/N-ethyl adjacent to an activating group) is 1. The summed E-state index contributed by atoms with van der Waals surface area (Å²) in [5.74, 6) is -1.21. The molecule has 2 heterocycles. The Morgan fingerprint density at radius 1 is 1.53 bits per heavy atom. The number of hydrogen-bond donors (Lipinski definition) is 1. The molecular weight excluding hydrogens is 244 g/mol. The number of ether oxygens (including phenoxy) is 1. The first-order chi connectivity index (χ1) is 9.11. The van der Waals surface area contributed by atoms with Crippen LogP contribution < -0.4 is 0 Å². The fraction of sp³-hybridized carbons (Fsp3) is 0.571. The predicted molar refractivity (Wildman–Crippen MR) is 70.8 cm³/mol. The highest BCUT2D eigenvalue weighted by Crippen LogP contribution is 2.21. The van der Waals surface area contributed by atoms with Crippen molar-refractivity contribution in [3.05, 3.63) is 29.6 Å². The van der Waals surface area contributed by atoms with Gasteiger partial charge in [0, 0.05) is 25.0 Å². The summed E-state index contributed by atoms with van der Waals surface area (Å²) in [4.78, 5) is 17.6. The third-order valence-corrected chi connectivity index (χ3v) is 3.56. The highest BCUT2D eigenvalue weighted by atomic mass is 16.5. The molecule has 1 N–H and O–H groups in total. The molecule has 2 atom stereocenters. The topological polar surface area (TPSA) is 62.7 Å². The largest absolute Gasteiger partial charge is 0.481 e. The van der Waals surface area contributed by atoms with Gasteiger partial charge in [-0.15, -0.1) is 0 Å². The standard InChI is InChI=1S/C14H20N2O3/c1-3-16(7-11-4-10(2)5-15-6-11)13-9-19-8-12(13)14(17)18/h4-6,12-13H,3,7-9H2,1-2H3,(H,17,18). The summed E-state index contributed by atoms with van der Waals surface area (Å²) in [6.07, 6.45) is 3.65. The molecule has 1 aliphatic heterocycles. The van der Waals surface area contributed by atoms with Gasteiger partial charge in [-0.25, -0.2) is 0 Å². The van der Waals surface area contributed by atoms with E-state index in [1.165, 1.54) is 0 Å². The molecule has 0 radical (unpaired) electrons. The number of rotatable bonds is 5. The summed E-state index contributed by atoms with van der Waals surface area (Å²) >= 11 is 0. The van der Waals surface area contributed by atoms with Crippen LogP contribution in [0.1, 0.15) is 18.1 Å². The number of aliphatic carboxylic acids is 1. The van der Waals surface area contributed by atoms with Gasteiger partial charge >= 0.3 is 5.97 Å². The first-order valence-electron chi connectivity index (χ1n) is 6.57.